The zero-order valence-corrected chi connectivity index (χ0v) is 10.7. The van der Waals surface area contributed by atoms with Crippen molar-refractivity contribution in [2.75, 3.05) is 0 Å². The Morgan fingerprint density at radius 2 is 2.24 bits per heavy atom. The maximum Gasteiger partial charge on any atom is 0.131 e. The van der Waals surface area contributed by atoms with Crippen molar-refractivity contribution < 1.29 is 9.13 Å². The molecule has 0 radical (unpaired) electrons. The highest BCUT2D eigenvalue weighted by Crippen LogP contribution is 2.18. The van der Waals surface area contributed by atoms with Gasteiger partial charge in [0.1, 0.15) is 18.2 Å². The fraction of sp³-hybridized carbons (Fsp3) is 0.308. The molecule has 0 amide bonds. The second-order valence-corrected chi connectivity index (χ2v) is 4.73. The Hall–Kier alpha value is -1.42. The molecule has 0 aliphatic carbocycles. The molecule has 0 aliphatic heterocycles. The molecule has 0 bridgehead atoms. The largest absolute Gasteiger partial charge is 0.487 e. The first-order valence-electron chi connectivity index (χ1n) is 5.51. The van der Waals surface area contributed by atoms with Crippen molar-refractivity contribution in [1.29, 1.82) is 0 Å². The molecule has 0 saturated heterocycles. The van der Waals surface area contributed by atoms with Crippen molar-refractivity contribution in [2.45, 2.75) is 26.9 Å². The van der Waals surface area contributed by atoms with Gasteiger partial charge in [0, 0.05) is 11.4 Å². The molecule has 0 saturated carbocycles. The molecule has 2 nitrogen and oxygen atoms in total. The van der Waals surface area contributed by atoms with Crippen LogP contribution in [-0.4, -0.2) is 4.98 Å². The highest BCUT2D eigenvalue weighted by Gasteiger charge is 2.03. The van der Waals surface area contributed by atoms with Crippen LogP contribution in [0.4, 0.5) is 4.39 Å². The summed E-state index contributed by atoms with van der Waals surface area (Å²) in [5.74, 6) is 0.300. The van der Waals surface area contributed by atoms with Crippen LogP contribution in [0.1, 0.15) is 23.2 Å². The number of halogens is 1. The number of aryl methyl sites for hydroxylation is 2. The van der Waals surface area contributed by atoms with Gasteiger partial charge in [-0.3, -0.25) is 0 Å². The highest BCUT2D eigenvalue weighted by atomic mass is 32.1. The molecule has 90 valence electrons. The smallest absolute Gasteiger partial charge is 0.131 e. The number of thiazole rings is 1. The van der Waals surface area contributed by atoms with E-state index < -0.39 is 0 Å². The van der Waals surface area contributed by atoms with Gasteiger partial charge < -0.3 is 4.74 Å². The van der Waals surface area contributed by atoms with Gasteiger partial charge in [-0.1, -0.05) is 13.0 Å². The maximum absolute atomic E-state index is 13.3. The van der Waals surface area contributed by atoms with Crippen LogP contribution in [0.25, 0.3) is 0 Å². The Balaban J connectivity index is 1.99. The molecular formula is C13H14FNOS. The normalized spacial score (nSPS) is 10.5. The van der Waals surface area contributed by atoms with E-state index in [0.29, 0.717) is 17.9 Å². The lowest BCUT2D eigenvalue weighted by molar-refractivity contribution is 0.300. The molecule has 1 aromatic heterocycles. The van der Waals surface area contributed by atoms with E-state index in [4.69, 9.17) is 4.74 Å². The van der Waals surface area contributed by atoms with Crippen LogP contribution < -0.4 is 4.74 Å². The zero-order chi connectivity index (χ0) is 12.3. The van der Waals surface area contributed by atoms with E-state index in [1.54, 1.807) is 30.4 Å². The predicted octanol–water partition coefficient (Wildman–Crippen LogP) is 3.73. The van der Waals surface area contributed by atoms with E-state index in [2.05, 4.69) is 11.9 Å². The van der Waals surface area contributed by atoms with Crippen LogP contribution in [0.5, 0.6) is 5.75 Å². The summed E-state index contributed by atoms with van der Waals surface area (Å²) in [6, 6.07) is 4.89. The van der Waals surface area contributed by atoms with Crippen molar-refractivity contribution in [3.8, 4) is 5.75 Å². The molecule has 0 N–H and O–H groups in total. The van der Waals surface area contributed by atoms with E-state index in [1.807, 2.05) is 5.38 Å². The van der Waals surface area contributed by atoms with Crippen LogP contribution >= 0.6 is 11.3 Å². The van der Waals surface area contributed by atoms with E-state index in [9.17, 15) is 4.39 Å². The Morgan fingerprint density at radius 1 is 1.41 bits per heavy atom. The van der Waals surface area contributed by atoms with Gasteiger partial charge >= 0.3 is 0 Å². The summed E-state index contributed by atoms with van der Waals surface area (Å²) >= 11 is 1.63. The third-order valence-corrected chi connectivity index (χ3v) is 3.47. The number of aromatic nitrogens is 1. The van der Waals surface area contributed by atoms with Gasteiger partial charge in [0.25, 0.3) is 0 Å². The third kappa shape index (κ3) is 3.03. The molecule has 4 heteroatoms. The Bertz CT molecular complexity index is 510. The molecule has 2 aromatic rings. The number of hydrogen-bond donors (Lipinski definition) is 0. The maximum atomic E-state index is 13.3. The Kier molecular flexibility index (Phi) is 3.74. The van der Waals surface area contributed by atoms with Gasteiger partial charge in [0.15, 0.2) is 0 Å². The molecule has 0 unspecified atom stereocenters. The summed E-state index contributed by atoms with van der Waals surface area (Å²) in [6.45, 7) is 4.19. The standard InChI is InChI=1S/C13H14FNOS/c1-3-13-15-10(8-17-13)7-16-11-5-4-9(2)12(14)6-11/h4-6,8H,3,7H2,1-2H3. The Morgan fingerprint density at radius 3 is 2.88 bits per heavy atom. The molecular weight excluding hydrogens is 237 g/mol. The van der Waals surface area contributed by atoms with E-state index in [1.165, 1.54) is 6.07 Å². The lowest BCUT2D eigenvalue weighted by Gasteiger charge is -2.05. The molecule has 2 rings (SSSR count). The SMILES string of the molecule is CCc1nc(COc2ccc(C)c(F)c2)cs1. The summed E-state index contributed by atoms with van der Waals surface area (Å²) in [4.78, 5) is 4.38. The monoisotopic (exact) mass is 251 g/mol. The topological polar surface area (TPSA) is 22.1 Å². The summed E-state index contributed by atoms with van der Waals surface area (Å²) in [6.07, 6.45) is 0.934. The van der Waals surface area contributed by atoms with Gasteiger partial charge in [0.05, 0.1) is 10.7 Å². The van der Waals surface area contributed by atoms with Crippen molar-refractivity contribution in [2.24, 2.45) is 0 Å². The van der Waals surface area contributed by atoms with Crippen molar-refractivity contribution in [3.63, 3.8) is 0 Å². The zero-order valence-electron chi connectivity index (χ0n) is 9.87. The summed E-state index contributed by atoms with van der Waals surface area (Å²) in [5, 5.41) is 3.07. The molecule has 0 spiro atoms. The average Bonchev–Trinajstić information content (AvgIpc) is 2.79. The van der Waals surface area contributed by atoms with Gasteiger partial charge in [-0.2, -0.15) is 0 Å². The number of ether oxygens (including phenoxy) is 1. The number of hydrogen-bond acceptors (Lipinski definition) is 3. The average molecular weight is 251 g/mol. The Labute approximate surface area is 104 Å². The summed E-state index contributed by atoms with van der Waals surface area (Å²) < 4.78 is 18.8. The predicted molar refractivity (Wildman–Crippen MR) is 67.0 cm³/mol. The van der Waals surface area contributed by atoms with Crippen LogP contribution in [0, 0.1) is 12.7 Å². The number of nitrogens with zero attached hydrogens (tertiary/aromatic N) is 1. The van der Waals surface area contributed by atoms with Gasteiger partial charge in [-0.15, -0.1) is 11.3 Å². The van der Waals surface area contributed by atoms with Crippen LogP contribution in [0.2, 0.25) is 0 Å². The minimum Gasteiger partial charge on any atom is -0.487 e. The van der Waals surface area contributed by atoms with Gasteiger partial charge in [0.2, 0.25) is 0 Å². The first-order chi connectivity index (χ1) is 8.19. The fourth-order valence-electron chi connectivity index (χ4n) is 1.40. The molecule has 1 heterocycles. The highest BCUT2D eigenvalue weighted by molar-refractivity contribution is 7.09. The molecule has 1 aromatic carbocycles. The van der Waals surface area contributed by atoms with E-state index in [0.717, 1.165) is 17.1 Å². The third-order valence-electron chi connectivity index (χ3n) is 2.43. The molecule has 0 fully saturated rings. The number of rotatable bonds is 4. The number of benzene rings is 1. The molecule has 0 atom stereocenters. The van der Waals surface area contributed by atoms with Crippen molar-refractivity contribution >= 4 is 11.3 Å². The van der Waals surface area contributed by atoms with Crippen LogP contribution in [0.15, 0.2) is 23.6 Å². The van der Waals surface area contributed by atoms with E-state index in [-0.39, 0.29) is 5.82 Å². The molecule has 17 heavy (non-hydrogen) atoms. The van der Waals surface area contributed by atoms with Crippen molar-refractivity contribution in [1.82, 2.24) is 4.98 Å². The lowest BCUT2D eigenvalue weighted by atomic mass is 10.2. The second-order valence-electron chi connectivity index (χ2n) is 3.79. The lowest BCUT2D eigenvalue weighted by Crippen LogP contribution is -1.97. The van der Waals surface area contributed by atoms with Crippen molar-refractivity contribution in [3.05, 3.63) is 45.7 Å². The summed E-state index contributed by atoms with van der Waals surface area (Å²) in [5.41, 5.74) is 1.52. The minimum atomic E-state index is -0.241. The van der Waals surface area contributed by atoms with E-state index >= 15 is 0 Å². The van der Waals surface area contributed by atoms with Gasteiger partial charge in [-0.05, 0) is 25.0 Å². The van der Waals surface area contributed by atoms with Crippen LogP contribution in [-0.2, 0) is 13.0 Å². The first-order valence-corrected chi connectivity index (χ1v) is 6.39. The quantitative estimate of drug-likeness (QED) is 0.826. The fourth-order valence-corrected chi connectivity index (χ4v) is 2.13. The van der Waals surface area contributed by atoms with Gasteiger partial charge in [-0.25, -0.2) is 9.37 Å². The first kappa shape index (κ1) is 12.0. The second kappa shape index (κ2) is 5.27. The van der Waals surface area contributed by atoms with Crippen LogP contribution in [0.3, 0.4) is 0 Å². The molecule has 0 aliphatic rings. The minimum absolute atomic E-state index is 0.241. The summed E-state index contributed by atoms with van der Waals surface area (Å²) in [7, 11) is 0.